The molecule has 1 rings (SSSR count). The van der Waals surface area contributed by atoms with E-state index in [1.165, 1.54) is 0 Å². The number of amides is 1. The van der Waals surface area contributed by atoms with E-state index in [0.717, 1.165) is 0 Å². The highest BCUT2D eigenvalue weighted by atomic mass is 16.6. The number of carbonyl (C=O) groups excluding carboxylic acids is 2. The maximum Gasteiger partial charge on any atom is 0.408 e. The average Bonchev–Trinajstić information content (AvgIpc) is 2.88. The summed E-state index contributed by atoms with van der Waals surface area (Å²) in [5.74, 6) is 0.0655. The van der Waals surface area contributed by atoms with Gasteiger partial charge in [-0.05, 0) is 27.2 Å². The number of ketones is 1. The van der Waals surface area contributed by atoms with Crippen LogP contribution >= 0.6 is 0 Å². The monoisotopic (exact) mass is 239 g/mol. The first kappa shape index (κ1) is 13.7. The van der Waals surface area contributed by atoms with Crippen molar-refractivity contribution in [2.45, 2.75) is 51.7 Å². The summed E-state index contributed by atoms with van der Waals surface area (Å²) in [5.41, 5.74) is -1.32. The van der Waals surface area contributed by atoms with E-state index in [1.54, 1.807) is 33.8 Å². The van der Waals surface area contributed by atoms with Crippen LogP contribution in [-0.2, 0) is 9.53 Å². The lowest BCUT2D eigenvalue weighted by Crippen LogP contribution is -2.46. The van der Waals surface area contributed by atoms with E-state index in [2.05, 4.69) is 11.9 Å². The molecule has 0 radical (unpaired) electrons. The molecule has 0 heterocycles. The number of Topliss-reactive ketones (excluding diaryl/α,β-unsaturated/α-hetero) is 1. The third-order valence-electron chi connectivity index (χ3n) is 2.84. The van der Waals surface area contributed by atoms with Gasteiger partial charge in [-0.15, -0.1) is 6.58 Å². The minimum absolute atomic E-state index is 0.0301. The fraction of sp³-hybridized carbons (Fsp3) is 0.692. The first-order valence-electron chi connectivity index (χ1n) is 5.92. The molecule has 96 valence electrons. The maximum atomic E-state index is 11.8. The molecule has 0 aromatic rings. The predicted octanol–water partition coefficient (Wildman–Crippen LogP) is 2.43. The molecule has 1 N–H and O–H groups in total. The molecule has 2 atom stereocenters. The average molecular weight is 239 g/mol. The summed E-state index contributed by atoms with van der Waals surface area (Å²) in [6.07, 6.45) is 2.21. The van der Waals surface area contributed by atoms with Crippen molar-refractivity contribution in [2.24, 2.45) is 5.92 Å². The van der Waals surface area contributed by atoms with Gasteiger partial charge in [-0.1, -0.05) is 13.0 Å². The molecule has 0 bridgehead atoms. The second kappa shape index (κ2) is 4.51. The molecule has 0 saturated heterocycles. The number of carbonyl (C=O) groups is 2. The number of rotatable bonds is 4. The van der Waals surface area contributed by atoms with Crippen molar-refractivity contribution >= 4 is 11.9 Å². The Morgan fingerprint density at radius 1 is 1.53 bits per heavy atom. The van der Waals surface area contributed by atoms with Crippen molar-refractivity contribution in [1.82, 2.24) is 5.32 Å². The van der Waals surface area contributed by atoms with Gasteiger partial charge in [0, 0.05) is 12.3 Å². The Balaban J connectivity index is 2.68. The van der Waals surface area contributed by atoms with Crippen LogP contribution in [0.25, 0.3) is 0 Å². The summed E-state index contributed by atoms with van der Waals surface area (Å²) < 4.78 is 5.16. The van der Waals surface area contributed by atoms with E-state index in [4.69, 9.17) is 4.74 Å². The third-order valence-corrected chi connectivity index (χ3v) is 2.84. The molecule has 4 nitrogen and oxygen atoms in total. The van der Waals surface area contributed by atoms with Crippen molar-refractivity contribution in [3.05, 3.63) is 12.7 Å². The van der Waals surface area contributed by atoms with Crippen molar-refractivity contribution in [3.63, 3.8) is 0 Å². The standard InChI is InChI=1S/C13H21NO3/c1-6-9-8-13(9,10(15)7-2)14-11(16)17-12(3,4)5/h6,9H,1,7-8H2,2-5H3,(H,14,16)/t9-,13-/m1/s1. The lowest BCUT2D eigenvalue weighted by Gasteiger charge is -2.23. The molecule has 0 aliphatic heterocycles. The van der Waals surface area contributed by atoms with E-state index in [9.17, 15) is 9.59 Å². The quantitative estimate of drug-likeness (QED) is 0.766. The molecule has 1 amide bonds. The molecule has 4 heteroatoms. The minimum atomic E-state index is -0.765. The summed E-state index contributed by atoms with van der Waals surface area (Å²) in [4.78, 5) is 23.5. The molecular formula is C13H21NO3. The smallest absolute Gasteiger partial charge is 0.408 e. The van der Waals surface area contributed by atoms with Crippen molar-refractivity contribution in [3.8, 4) is 0 Å². The SMILES string of the molecule is C=C[C@@H]1C[C@]1(NC(=O)OC(C)(C)C)C(=O)CC. The van der Waals surface area contributed by atoms with Crippen molar-refractivity contribution < 1.29 is 14.3 Å². The minimum Gasteiger partial charge on any atom is -0.444 e. The van der Waals surface area contributed by atoms with Crippen LogP contribution < -0.4 is 5.32 Å². The molecule has 17 heavy (non-hydrogen) atoms. The summed E-state index contributed by atoms with van der Waals surface area (Å²) in [5, 5.41) is 2.69. The largest absolute Gasteiger partial charge is 0.444 e. The Hall–Kier alpha value is -1.32. The molecule has 1 saturated carbocycles. The maximum absolute atomic E-state index is 11.8. The Kier molecular flexibility index (Phi) is 3.65. The fourth-order valence-electron chi connectivity index (χ4n) is 1.91. The van der Waals surface area contributed by atoms with Crippen LogP contribution in [0.2, 0.25) is 0 Å². The van der Waals surface area contributed by atoms with Crippen LogP contribution in [0.5, 0.6) is 0 Å². The number of hydrogen-bond acceptors (Lipinski definition) is 3. The summed E-state index contributed by atoms with van der Waals surface area (Å²) in [6.45, 7) is 10.8. The first-order chi connectivity index (χ1) is 7.75. The third kappa shape index (κ3) is 3.08. The van der Waals surface area contributed by atoms with Gasteiger partial charge in [-0.2, -0.15) is 0 Å². The molecule has 1 aliphatic rings. The molecule has 0 spiro atoms. The van der Waals surface area contributed by atoms with E-state index >= 15 is 0 Å². The molecule has 1 aliphatic carbocycles. The van der Waals surface area contributed by atoms with Gasteiger partial charge in [0.15, 0.2) is 5.78 Å². The highest BCUT2D eigenvalue weighted by Gasteiger charge is 2.58. The zero-order valence-electron chi connectivity index (χ0n) is 11.0. The van der Waals surface area contributed by atoms with Crippen molar-refractivity contribution in [1.29, 1.82) is 0 Å². The highest BCUT2D eigenvalue weighted by Crippen LogP contribution is 2.45. The Morgan fingerprint density at radius 3 is 2.47 bits per heavy atom. The molecule has 0 aromatic carbocycles. The van der Waals surface area contributed by atoms with Crippen LogP contribution in [-0.4, -0.2) is 23.0 Å². The van der Waals surface area contributed by atoms with Gasteiger partial charge >= 0.3 is 6.09 Å². The second-order valence-corrected chi connectivity index (χ2v) is 5.42. The lowest BCUT2D eigenvalue weighted by molar-refractivity contribution is -0.122. The van der Waals surface area contributed by atoms with Crippen LogP contribution in [0.4, 0.5) is 4.79 Å². The highest BCUT2D eigenvalue weighted by molar-refractivity contribution is 5.95. The Labute approximate surface area is 102 Å². The van der Waals surface area contributed by atoms with E-state index in [1.807, 2.05) is 0 Å². The molecule has 0 unspecified atom stereocenters. The van der Waals surface area contributed by atoms with Gasteiger partial charge in [0.2, 0.25) is 0 Å². The van der Waals surface area contributed by atoms with E-state index in [0.29, 0.717) is 12.8 Å². The molecular weight excluding hydrogens is 218 g/mol. The van der Waals surface area contributed by atoms with Crippen molar-refractivity contribution in [2.75, 3.05) is 0 Å². The Morgan fingerprint density at radius 2 is 2.12 bits per heavy atom. The number of alkyl carbamates (subject to hydrolysis) is 1. The van der Waals surface area contributed by atoms with Crippen LogP contribution in [0.1, 0.15) is 40.5 Å². The summed E-state index contributed by atoms with van der Waals surface area (Å²) >= 11 is 0. The van der Waals surface area contributed by atoms with Crippen LogP contribution in [0, 0.1) is 5.92 Å². The molecule has 0 aromatic heterocycles. The van der Waals surface area contributed by atoms with Crippen LogP contribution in [0.3, 0.4) is 0 Å². The van der Waals surface area contributed by atoms with Gasteiger partial charge in [0.05, 0.1) is 0 Å². The van der Waals surface area contributed by atoms with E-state index in [-0.39, 0.29) is 11.7 Å². The van der Waals surface area contributed by atoms with Gasteiger partial charge in [0.1, 0.15) is 11.1 Å². The van der Waals surface area contributed by atoms with Gasteiger partial charge in [-0.3, -0.25) is 4.79 Å². The summed E-state index contributed by atoms with van der Waals surface area (Å²) in [6, 6.07) is 0. The zero-order chi connectivity index (χ0) is 13.3. The fourth-order valence-corrected chi connectivity index (χ4v) is 1.91. The molecule has 1 fully saturated rings. The number of ether oxygens (including phenoxy) is 1. The van der Waals surface area contributed by atoms with E-state index < -0.39 is 17.2 Å². The number of nitrogens with one attached hydrogen (secondary N) is 1. The van der Waals surface area contributed by atoms with Gasteiger partial charge < -0.3 is 10.1 Å². The van der Waals surface area contributed by atoms with Crippen LogP contribution in [0.15, 0.2) is 12.7 Å². The Bertz CT molecular complexity index is 343. The first-order valence-corrected chi connectivity index (χ1v) is 5.92. The predicted molar refractivity (Wildman–Crippen MR) is 65.7 cm³/mol. The topological polar surface area (TPSA) is 55.4 Å². The van der Waals surface area contributed by atoms with Gasteiger partial charge in [0.25, 0.3) is 0 Å². The lowest BCUT2D eigenvalue weighted by atomic mass is 10.1. The summed E-state index contributed by atoms with van der Waals surface area (Å²) in [7, 11) is 0. The van der Waals surface area contributed by atoms with Gasteiger partial charge in [-0.25, -0.2) is 4.79 Å². The number of hydrogen-bond donors (Lipinski definition) is 1. The normalized spacial score (nSPS) is 27.2. The second-order valence-electron chi connectivity index (χ2n) is 5.42. The zero-order valence-corrected chi connectivity index (χ0v) is 11.0.